The summed E-state index contributed by atoms with van der Waals surface area (Å²) in [5.41, 5.74) is 6.37. The number of benzene rings is 6. The molecule has 0 amide bonds. The molecule has 2 aliphatic heterocycles. The number of rotatable bonds is 16. The van der Waals surface area contributed by atoms with Gasteiger partial charge in [-0.05, 0) is 165 Å². The van der Waals surface area contributed by atoms with Gasteiger partial charge in [0, 0.05) is 105 Å². The van der Waals surface area contributed by atoms with Crippen LogP contribution in [0.1, 0.15) is 70.5 Å². The van der Waals surface area contributed by atoms with Crippen molar-refractivity contribution < 1.29 is 50.5 Å². The lowest BCUT2D eigenvalue weighted by molar-refractivity contribution is 0.217. The first kappa shape index (κ1) is 74.1. The molecule has 1 aromatic heterocycles. The first-order valence-corrected chi connectivity index (χ1v) is 41.0. The van der Waals surface area contributed by atoms with E-state index in [0.29, 0.717) is 11.4 Å². The van der Waals surface area contributed by atoms with Crippen molar-refractivity contribution in [3.05, 3.63) is 209 Å². The second kappa shape index (κ2) is 32.2. The maximum absolute atomic E-state index is 14.7. The number of aryl methyl sites for hydroxylation is 6. The third-order valence-electron chi connectivity index (χ3n) is 17.5. The molecule has 7 aromatic rings. The Bertz CT molecular complexity index is 4180. The Morgan fingerprint density at radius 3 is 0.615 bits per heavy atom. The Balaban J connectivity index is 1.02. The Morgan fingerprint density at radius 1 is 0.240 bits per heavy atom. The van der Waals surface area contributed by atoms with Crippen LogP contribution in [0.2, 0.25) is 0 Å². The second-order valence-electron chi connectivity index (χ2n) is 24.9. The van der Waals surface area contributed by atoms with Gasteiger partial charge in [0.05, 0.1) is 40.8 Å². The van der Waals surface area contributed by atoms with E-state index in [4.69, 9.17) is 4.98 Å². The van der Waals surface area contributed by atoms with Crippen molar-refractivity contribution in [1.29, 1.82) is 0 Å². The van der Waals surface area contributed by atoms with Crippen molar-refractivity contribution in [2.45, 2.75) is 110 Å². The Labute approximate surface area is 570 Å². The number of hydrogen-bond acceptors (Lipinski definition) is 15. The summed E-state index contributed by atoms with van der Waals surface area (Å²) in [4.78, 5) is 9.57. The molecule has 0 saturated carbocycles. The summed E-state index contributed by atoms with van der Waals surface area (Å²) in [5.74, 6) is 0. The third-order valence-corrected chi connectivity index (χ3v) is 29.0. The number of nitrogens with zero attached hydrogens (tertiary/aromatic N) is 9. The van der Waals surface area contributed by atoms with Gasteiger partial charge in [-0.15, -0.1) is 0 Å². The van der Waals surface area contributed by atoms with E-state index in [1.54, 1.807) is 97.1 Å². The zero-order valence-electron chi connectivity index (χ0n) is 55.5. The first-order chi connectivity index (χ1) is 45.5. The molecule has 0 N–H and O–H groups in total. The molecular weight excluding hydrogens is 1340 g/mol. The monoisotopic (exact) mass is 1430 g/mol. The minimum absolute atomic E-state index is 0.00980. The standard InChI is InChI=1S/C69H89N9O12S6/c1-56-14-26-64(27-15-56)91(79,80)73-42-10-44-77(95(87,88)68-34-22-60(5)23-35-68)52-50-75(93(83,84)66-30-18-58(3)19-31-66)40-8-38-71(46-48-73)54-62-12-7-13-63(70-62)55-72-39-9-41-76(94(85,86)67-32-20-59(4)21-33-67)51-53-78(96(89,90)69-36-24-61(6)25-37-69)45-11-43-74(49-47-72)92(81,82)65-28-16-57(2)17-29-65/h7,12-37H,8-11,38-55H2,1-6H3. The molecule has 2 saturated heterocycles. The van der Waals surface area contributed by atoms with E-state index in [0.717, 1.165) is 33.4 Å². The molecule has 3 heterocycles. The van der Waals surface area contributed by atoms with Gasteiger partial charge in [0.2, 0.25) is 60.1 Å². The van der Waals surface area contributed by atoms with Crippen LogP contribution in [0, 0.1) is 41.5 Å². The van der Waals surface area contributed by atoms with E-state index in [9.17, 15) is 50.5 Å². The van der Waals surface area contributed by atoms with Crippen LogP contribution in [0.5, 0.6) is 0 Å². The average molecular weight is 1430 g/mol. The predicted octanol–water partition coefficient (Wildman–Crippen LogP) is 8.27. The van der Waals surface area contributed by atoms with Crippen LogP contribution in [-0.4, -0.2) is 196 Å². The third kappa shape index (κ3) is 18.8. The minimum atomic E-state index is -4.20. The SMILES string of the molecule is Cc1ccc(S(=O)(=O)N2CCCN(S(=O)(=O)c3ccc(C)cc3)CCN(S(=O)(=O)c3ccc(C)cc3)CCCN(Cc3cccc(CN4CCCN(S(=O)(=O)c5ccc(C)cc5)CCN(S(=O)(=O)c5ccc(C)cc5)CCCN(S(=O)(=O)c5ccc(C)cc5)CC4)n3)CC2)cc1. The molecule has 2 fully saturated rings. The topological polar surface area (TPSA) is 244 Å². The van der Waals surface area contributed by atoms with Gasteiger partial charge in [-0.3, -0.25) is 14.8 Å². The molecule has 518 valence electrons. The van der Waals surface area contributed by atoms with Crippen LogP contribution in [0.4, 0.5) is 0 Å². The number of sulfonamides is 6. The fourth-order valence-electron chi connectivity index (χ4n) is 11.7. The van der Waals surface area contributed by atoms with Gasteiger partial charge in [-0.25, -0.2) is 50.5 Å². The highest BCUT2D eigenvalue weighted by atomic mass is 32.2. The molecule has 9 rings (SSSR count). The molecule has 0 radical (unpaired) electrons. The summed E-state index contributed by atoms with van der Waals surface area (Å²) in [6, 6.07) is 44.5. The fourth-order valence-corrected chi connectivity index (χ4v) is 20.5. The summed E-state index contributed by atoms with van der Waals surface area (Å²) < 4.78 is 184. The summed E-state index contributed by atoms with van der Waals surface area (Å²) in [6.45, 7) is 11.2. The largest absolute Gasteiger partial charge is 0.296 e. The van der Waals surface area contributed by atoms with Crippen molar-refractivity contribution in [2.75, 3.05) is 105 Å². The zero-order chi connectivity index (χ0) is 69.1. The smallest absolute Gasteiger partial charge is 0.243 e. The quantitative estimate of drug-likeness (QED) is 0.0884. The second-order valence-corrected chi connectivity index (χ2v) is 36.5. The summed E-state index contributed by atoms with van der Waals surface area (Å²) in [7, 11) is -25.0. The van der Waals surface area contributed by atoms with Crippen LogP contribution < -0.4 is 0 Å². The summed E-state index contributed by atoms with van der Waals surface area (Å²) in [6.07, 6.45) is 0.670. The van der Waals surface area contributed by atoms with Crippen molar-refractivity contribution in [1.82, 2.24) is 40.6 Å². The van der Waals surface area contributed by atoms with Crippen LogP contribution in [0.25, 0.3) is 0 Å². The molecule has 0 unspecified atom stereocenters. The molecular formula is C69H89N9O12S6. The maximum atomic E-state index is 14.7. The highest BCUT2D eigenvalue weighted by molar-refractivity contribution is 7.90. The molecule has 0 spiro atoms. The number of hydrogen-bond donors (Lipinski definition) is 0. The van der Waals surface area contributed by atoms with Crippen LogP contribution in [0.15, 0.2) is 193 Å². The molecule has 96 heavy (non-hydrogen) atoms. The van der Waals surface area contributed by atoms with Gasteiger partial charge in [0.15, 0.2) is 0 Å². The van der Waals surface area contributed by atoms with Gasteiger partial charge >= 0.3 is 0 Å². The van der Waals surface area contributed by atoms with Gasteiger partial charge in [-0.1, -0.05) is 112 Å². The van der Waals surface area contributed by atoms with Crippen LogP contribution >= 0.6 is 0 Å². The fraction of sp³-hybridized carbons (Fsp3) is 0.406. The highest BCUT2D eigenvalue weighted by Gasteiger charge is 2.34. The van der Waals surface area contributed by atoms with Crippen molar-refractivity contribution in [3.8, 4) is 0 Å². The van der Waals surface area contributed by atoms with E-state index in [1.165, 1.54) is 74.4 Å². The molecule has 21 nitrogen and oxygen atoms in total. The maximum Gasteiger partial charge on any atom is 0.243 e. The molecule has 0 atom stereocenters. The summed E-state index contributed by atoms with van der Waals surface area (Å²) in [5, 5.41) is 0. The molecule has 27 heteroatoms. The van der Waals surface area contributed by atoms with Gasteiger partial charge in [-0.2, -0.15) is 25.8 Å². The van der Waals surface area contributed by atoms with E-state index in [-0.39, 0.29) is 173 Å². The van der Waals surface area contributed by atoms with Gasteiger partial charge < -0.3 is 0 Å². The van der Waals surface area contributed by atoms with Crippen molar-refractivity contribution >= 4 is 60.1 Å². The van der Waals surface area contributed by atoms with Crippen molar-refractivity contribution in [3.63, 3.8) is 0 Å². The molecule has 0 aliphatic carbocycles. The lowest BCUT2D eigenvalue weighted by atomic mass is 10.2. The lowest BCUT2D eigenvalue weighted by Crippen LogP contribution is -2.45. The molecule has 6 aromatic carbocycles. The summed E-state index contributed by atoms with van der Waals surface area (Å²) >= 11 is 0. The molecule has 2 aliphatic rings. The van der Waals surface area contributed by atoms with E-state index in [2.05, 4.69) is 0 Å². The predicted molar refractivity (Wildman–Crippen MR) is 373 cm³/mol. The minimum Gasteiger partial charge on any atom is -0.296 e. The van der Waals surface area contributed by atoms with Gasteiger partial charge in [0.1, 0.15) is 0 Å². The highest BCUT2D eigenvalue weighted by Crippen LogP contribution is 2.27. The van der Waals surface area contributed by atoms with E-state index in [1.807, 2.05) is 69.5 Å². The van der Waals surface area contributed by atoms with E-state index >= 15 is 0 Å². The first-order valence-electron chi connectivity index (χ1n) is 32.3. The average Bonchev–Trinajstić information content (AvgIpc) is 0.904. The zero-order valence-corrected chi connectivity index (χ0v) is 60.4. The van der Waals surface area contributed by atoms with Crippen LogP contribution in [-0.2, 0) is 73.2 Å². The normalized spacial score (nSPS) is 18.1. The van der Waals surface area contributed by atoms with E-state index < -0.39 is 60.1 Å². The number of pyridine rings is 1. The Hall–Kier alpha value is -6.15. The Morgan fingerprint density at radius 2 is 0.417 bits per heavy atom. The number of aromatic nitrogens is 1. The van der Waals surface area contributed by atoms with Crippen molar-refractivity contribution in [2.24, 2.45) is 0 Å². The molecule has 0 bridgehead atoms. The Kier molecular flexibility index (Phi) is 24.9. The van der Waals surface area contributed by atoms with Crippen LogP contribution in [0.3, 0.4) is 0 Å². The van der Waals surface area contributed by atoms with Gasteiger partial charge in [0.25, 0.3) is 0 Å². The lowest BCUT2D eigenvalue weighted by Gasteiger charge is -2.32.